The molecule has 0 saturated heterocycles. The van der Waals surface area contributed by atoms with Gasteiger partial charge in [0.15, 0.2) is 5.82 Å². The highest BCUT2D eigenvalue weighted by molar-refractivity contribution is 5.94. The molecule has 1 fully saturated rings. The summed E-state index contributed by atoms with van der Waals surface area (Å²) in [7, 11) is 0. The van der Waals surface area contributed by atoms with Crippen molar-refractivity contribution in [3.8, 4) is 5.95 Å². The number of halogens is 3. The monoisotopic (exact) mass is 403 g/mol. The average molecular weight is 403 g/mol. The van der Waals surface area contributed by atoms with Crippen molar-refractivity contribution in [3.05, 3.63) is 59.7 Å². The predicted octanol–water partition coefficient (Wildman–Crippen LogP) is 2.84. The normalized spacial score (nSPS) is 15.2. The Bertz CT molecular complexity index is 1030. The van der Waals surface area contributed by atoms with Crippen molar-refractivity contribution in [2.45, 2.75) is 37.9 Å². The summed E-state index contributed by atoms with van der Waals surface area (Å²) in [5.41, 5.74) is -0.873. The van der Waals surface area contributed by atoms with Gasteiger partial charge in [0.1, 0.15) is 12.0 Å². The molecule has 0 radical (unpaired) electrons. The van der Waals surface area contributed by atoms with Crippen molar-refractivity contribution in [1.82, 2.24) is 35.0 Å². The molecule has 1 unspecified atom stereocenters. The Morgan fingerprint density at radius 2 is 1.93 bits per heavy atom. The first-order valence-corrected chi connectivity index (χ1v) is 8.90. The molecule has 3 heterocycles. The van der Waals surface area contributed by atoms with Crippen LogP contribution < -0.4 is 5.32 Å². The highest BCUT2D eigenvalue weighted by Crippen LogP contribution is 2.40. The first-order valence-electron chi connectivity index (χ1n) is 8.90. The molecule has 0 aliphatic heterocycles. The summed E-state index contributed by atoms with van der Waals surface area (Å²) in [6.45, 7) is 1.65. The van der Waals surface area contributed by atoms with E-state index < -0.39 is 23.8 Å². The number of aromatic nitrogens is 6. The van der Waals surface area contributed by atoms with E-state index in [9.17, 15) is 18.0 Å². The van der Waals surface area contributed by atoms with Crippen LogP contribution in [0.2, 0.25) is 0 Å². The van der Waals surface area contributed by atoms with Crippen LogP contribution in [0.3, 0.4) is 0 Å². The van der Waals surface area contributed by atoms with Crippen molar-refractivity contribution >= 4 is 5.91 Å². The smallest absolute Gasteiger partial charge is 0.342 e. The lowest BCUT2D eigenvalue weighted by atomic mass is 10.1. The van der Waals surface area contributed by atoms with Gasteiger partial charge in [0.05, 0.1) is 6.04 Å². The van der Waals surface area contributed by atoms with Gasteiger partial charge in [0.2, 0.25) is 0 Å². The van der Waals surface area contributed by atoms with Gasteiger partial charge in [-0.25, -0.2) is 19.9 Å². The van der Waals surface area contributed by atoms with Gasteiger partial charge in [0, 0.05) is 29.6 Å². The van der Waals surface area contributed by atoms with E-state index in [1.807, 2.05) is 0 Å². The van der Waals surface area contributed by atoms with Gasteiger partial charge in [-0.1, -0.05) is 0 Å². The molecule has 0 spiro atoms. The topological polar surface area (TPSA) is 98.5 Å². The van der Waals surface area contributed by atoms with Gasteiger partial charge in [0.25, 0.3) is 11.9 Å². The zero-order valence-corrected chi connectivity index (χ0v) is 15.3. The van der Waals surface area contributed by atoms with Crippen LogP contribution >= 0.6 is 0 Å². The number of carbonyl (C=O) groups is 1. The molecule has 3 aromatic rings. The summed E-state index contributed by atoms with van der Waals surface area (Å²) >= 11 is 0. The van der Waals surface area contributed by atoms with Crippen LogP contribution in [0.25, 0.3) is 5.95 Å². The maximum atomic E-state index is 13.2. The third kappa shape index (κ3) is 4.08. The van der Waals surface area contributed by atoms with E-state index in [4.69, 9.17) is 0 Å². The Morgan fingerprint density at radius 3 is 2.59 bits per heavy atom. The number of nitrogens with zero attached hydrogens (tertiary/aromatic N) is 6. The van der Waals surface area contributed by atoms with Crippen LogP contribution in [0.4, 0.5) is 13.2 Å². The molecule has 1 amide bonds. The predicted molar refractivity (Wildman–Crippen MR) is 94.0 cm³/mol. The molecular weight excluding hydrogens is 387 g/mol. The lowest BCUT2D eigenvalue weighted by molar-refractivity contribution is -0.141. The molecule has 1 aliphatic carbocycles. The van der Waals surface area contributed by atoms with Crippen molar-refractivity contribution in [1.29, 1.82) is 0 Å². The van der Waals surface area contributed by atoms with Crippen molar-refractivity contribution in [3.63, 3.8) is 0 Å². The maximum absolute atomic E-state index is 13.2. The van der Waals surface area contributed by atoms with E-state index in [0.29, 0.717) is 11.5 Å². The maximum Gasteiger partial charge on any atom is 0.433 e. The Balaban J connectivity index is 1.59. The van der Waals surface area contributed by atoms with Crippen LogP contribution in [-0.4, -0.2) is 35.6 Å². The molecule has 11 heteroatoms. The van der Waals surface area contributed by atoms with Crippen molar-refractivity contribution in [2.24, 2.45) is 0 Å². The van der Waals surface area contributed by atoms with Crippen LogP contribution in [0.15, 0.2) is 36.9 Å². The number of rotatable bonds is 5. The molecule has 1 saturated carbocycles. The fourth-order valence-electron chi connectivity index (χ4n) is 2.86. The molecule has 3 aromatic heterocycles. The minimum absolute atomic E-state index is 0.0281. The molecule has 150 valence electrons. The molecule has 29 heavy (non-hydrogen) atoms. The van der Waals surface area contributed by atoms with Gasteiger partial charge < -0.3 is 5.32 Å². The molecule has 0 aromatic carbocycles. The van der Waals surface area contributed by atoms with E-state index in [1.165, 1.54) is 29.5 Å². The Morgan fingerprint density at radius 1 is 1.21 bits per heavy atom. The highest BCUT2D eigenvalue weighted by Gasteiger charge is 2.36. The van der Waals surface area contributed by atoms with Gasteiger partial charge in [-0.3, -0.25) is 4.79 Å². The zero-order chi connectivity index (χ0) is 20.6. The van der Waals surface area contributed by atoms with Crippen LogP contribution in [-0.2, 0) is 6.18 Å². The molecule has 8 nitrogen and oxygen atoms in total. The molecule has 0 bridgehead atoms. The van der Waals surface area contributed by atoms with Gasteiger partial charge in [-0.15, -0.1) is 0 Å². The lowest BCUT2D eigenvalue weighted by Crippen LogP contribution is -2.29. The number of amides is 1. The van der Waals surface area contributed by atoms with E-state index in [1.54, 1.807) is 13.0 Å². The molecular formula is C18H16F3N7O. The fraction of sp³-hybridized carbons (Fsp3) is 0.333. The summed E-state index contributed by atoms with van der Waals surface area (Å²) < 4.78 is 40.9. The fourth-order valence-corrected chi connectivity index (χ4v) is 2.86. The van der Waals surface area contributed by atoms with E-state index >= 15 is 0 Å². The Kier molecular flexibility index (Phi) is 4.73. The zero-order valence-electron chi connectivity index (χ0n) is 15.3. The average Bonchev–Trinajstić information content (AvgIpc) is 3.43. The number of alkyl halides is 3. The van der Waals surface area contributed by atoms with E-state index in [-0.39, 0.29) is 17.4 Å². The number of hydrogen-bond donors (Lipinski definition) is 1. The summed E-state index contributed by atoms with van der Waals surface area (Å²) in [6, 6.07) is 3.17. The van der Waals surface area contributed by atoms with Gasteiger partial charge in [-0.05, 0) is 38.0 Å². The van der Waals surface area contributed by atoms with E-state index in [2.05, 4.69) is 30.4 Å². The summed E-state index contributed by atoms with van der Waals surface area (Å²) in [6.07, 6.45) is 1.26. The second-order valence-electron chi connectivity index (χ2n) is 6.71. The Labute approximate surface area is 163 Å². The van der Waals surface area contributed by atoms with Crippen LogP contribution in [0.5, 0.6) is 0 Å². The Hall–Kier alpha value is -3.37. The first-order chi connectivity index (χ1) is 13.8. The standard InChI is InChI=1S/C18H16F3N7O/c1-10(15-24-9-25-28(15)17-22-5-2-6-23-17)26-16(29)12-7-13(11-3-4-11)27-14(8-12)18(19,20)21/h2,5-11H,3-4H2,1H3,(H,26,29). The quantitative estimate of drug-likeness (QED) is 0.703. The SMILES string of the molecule is CC(NC(=O)c1cc(C2CC2)nc(C(F)(F)F)c1)c1ncnn1-c1ncccn1. The second kappa shape index (κ2) is 7.22. The minimum atomic E-state index is -4.63. The van der Waals surface area contributed by atoms with Gasteiger partial charge >= 0.3 is 6.18 Å². The van der Waals surface area contributed by atoms with Crippen LogP contribution in [0, 0.1) is 0 Å². The lowest BCUT2D eigenvalue weighted by Gasteiger charge is -2.15. The number of carbonyl (C=O) groups excluding carboxylic acids is 1. The largest absolute Gasteiger partial charge is 0.433 e. The number of pyridine rings is 1. The summed E-state index contributed by atoms with van der Waals surface area (Å²) in [5.74, 6) is -0.0760. The van der Waals surface area contributed by atoms with Crippen LogP contribution in [0.1, 0.15) is 59.3 Å². The summed E-state index contributed by atoms with van der Waals surface area (Å²) in [5, 5.41) is 6.71. The first kappa shape index (κ1) is 19.0. The highest BCUT2D eigenvalue weighted by atomic mass is 19.4. The molecule has 1 N–H and O–H groups in total. The minimum Gasteiger partial charge on any atom is -0.342 e. The third-order valence-electron chi connectivity index (χ3n) is 4.44. The van der Waals surface area contributed by atoms with E-state index in [0.717, 1.165) is 18.9 Å². The van der Waals surface area contributed by atoms with Crippen molar-refractivity contribution < 1.29 is 18.0 Å². The second-order valence-corrected chi connectivity index (χ2v) is 6.71. The van der Waals surface area contributed by atoms with Gasteiger partial charge in [-0.2, -0.15) is 23.0 Å². The number of nitrogens with one attached hydrogen (secondary N) is 1. The van der Waals surface area contributed by atoms with Crippen molar-refractivity contribution in [2.75, 3.05) is 0 Å². The summed E-state index contributed by atoms with van der Waals surface area (Å²) in [4.78, 5) is 28.6. The molecule has 1 aliphatic rings. The molecule has 1 atom stereocenters. The third-order valence-corrected chi connectivity index (χ3v) is 4.44. The number of hydrogen-bond acceptors (Lipinski definition) is 6. The molecule has 4 rings (SSSR count).